The standard InChI is InChI=1S/C19H15F2N5O2/c1-11(19-24-17(25-28-19)12-4-3-7-22-10-12)26-9-8-23-18(26)15-14(27-2)6-5-13(20)16(15)21/h3-11H,1-2H3. The van der Waals surface area contributed by atoms with Crippen molar-refractivity contribution in [3.05, 3.63) is 66.6 Å². The first-order valence-electron chi connectivity index (χ1n) is 8.39. The second kappa shape index (κ2) is 7.18. The van der Waals surface area contributed by atoms with Crippen LogP contribution in [-0.2, 0) is 0 Å². The number of ether oxygens (including phenoxy) is 1. The summed E-state index contributed by atoms with van der Waals surface area (Å²) in [5, 5.41) is 3.97. The van der Waals surface area contributed by atoms with Crippen molar-refractivity contribution < 1.29 is 18.0 Å². The highest BCUT2D eigenvalue weighted by Crippen LogP contribution is 2.35. The van der Waals surface area contributed by atoms with E-state index in [1.165, 1.54) is 19.4 Å². The molecule has 0 N–H and O–H groups in total. The van der Waals surface area contributed by atoms with Gasteiger partial charge in [0.1, 0.15) is 17.6 Å². The lowest BCUT2D eigenvalue weighted by atomic mass is 10.1. The Kier molecular flexibility index (Phi) is 4.56. The van der Waals surface area contributed by atoms with Crippen LogP contribution in [-0.4, -0.2) is 31.8 Å². The maximum atomic E-state index is 14.5. The van der Waals surface area contributed by atoms with Gasteiger partial charge in [0.2, 0.25) is 11.7 Å². The van der Waals surface area contributed by atoms with E-state index in [1.807, 2.05) is 6.07 Å². The van der Waals surface area contributed by atoms with Crippen molar-refractivity contribution >= 4 is 0 Å². The molecule has 3 aromatic heterocycles. The van der Waals surface area contributed by atoms with Gasteiger partial charge in [-0.3, -0.25) is 4.98 Å². The maximum Gasteiger partial charge on any atom is 0.249 e. The van der Waals surface area contributed by atoms with Gasteiger partial charge < -0.3 is 13.8 Å². The van der Waals surface area contributed by atoms with Crippen LogP contribution in [0.4, 0.5) is 8.78 Å². The lowest BCUT2D eigenvalue weighted by Gasteiger charge is -2.15. The van der Waals surface area contributed by atoms with E-state index in [1.54, 1.807) is 36.1 Å². The Morgan fingerprint density at radius 3 is 2.79 bits per heavy atom. The topological polar surface area (TPSA) is 78.9 Å². The smallest absolute Gasteiger partial charge is 0.249 e. The van der Waals surface area contributed by atoms with Gasteiger partial charge in [0.25, 0.3) is 0 Å². The van der Waals surface area contributed by atoms with E-state index < -0.39 is 17.7 Å². The van der Waals surface area contributed by atoms with Crippen molar-refractivity contribution in [2.45, 2.75) is 13.0 Å². The summed E-state index contributed by atoms with van der Waals surface area (Å²) in [4.78, 5) is 12.6. The highest BCUT2D eigenvalue weighted by Gasteiger charge is 2.25. The number of pyridine rings is 1. The van der Waals surface area contributed by atoms with Gasteiger partial charge in [-0.1, -0.05) is 5.16 Å². The SMILES string of the molecule is COc1ccc(F)c(F)c1-c1nccn1C(C)c1nc(-c2cccnc2)no1. The number of rotatable bonds is 5. The normalized spacial score (nSPS) is 12.1. The van der Waals surface area contributed by atoms with Crippen LogP contribution in [0.3, 0.4) is 0 Å². The number of hydrogen-bond donors (Lipinski definition) is 0. The van der Waals surface area contributed by atoms with Gasteiger partial charge in [0.05, 0.1) is 12.7 Å². The third-order valence-electron chi connectivity index (χ3n) is 4.30. The fourth-order valence-corrected chi connectivity index (χ4v) is 2.87. The molecule has 0 spiro atoms. The minimum atomic E-state index is -1.04. The lowest BCUT2D eigenvalue weighted by molar-refractivity contribution is 0.346. The Morgan fingerprint density at radius 2 is 2.04 bits per heavy atom. The predicted molar refractivity (Wildman–Crippen MR) is 95.5 cm³/mol. The number of methoxy groups -OCH3 is 1. The van der Waals surface area contributed by atoms with Gasteiger partial charge in [-0.2, -0.15) is 4.98 Å². The predicted octanol–water partition coefficient (Wildman–Crippen LogP) is 3.89. The molecule has 0 fully saturated rings. The average molecular weight is 383 g/mol. The van der Waals surface area contributed by atoms with Crippen LogP contribution in [0.2, 0.25) is 0 Å². The molecule has 28 heavy (non-hydrogen) atoms. The molecule has 9 heteroatoms. The van der Waals surface area contributed by atoms with Crippen LogP contribution in [0.25, 0.3) is 22.8 Å². The highest BCUT2D eigenvalue weighted by atomic mass is 19.2. The molecule has 142 valence electrons. The Labute approximate surface area is 158 Å². The second-order valence-corrected chi connectivity index (χ2v) is 5.97. The first kappa shape index (κ1) is 17.8. The summed E-state index contributed by atoms with van der Waals surface area (Å²) in [6.07, 6.45) is 6.37. The average Bonchev–Trinajstić information content (AvgIpc) is 3.40. The van der Waals surface area contributed by atoms with Crippen molar-refractivity contribution in [3.63, 3.8) is 0 Å². The Morgan fingerprint density at radius 1 is 1.18 bits per heavy atom. The summed E-state index contributed by atoms with van der Waals surface area (Å²) in [7, 11) is 1.38. The van der Waals surface area contributed by atoms with E-state index in [0.29, 0.717) is 11.4 Å². The van der Waals surface area contributed by atoms with Crippen LogP contribution in [0.5, 0.6) is 5.75 Å². The molecule has 4 aromatic rings. The van der Waals surface area contributed by atoms with E-state index in [0.717, 1.165) is 6.07 Å². The van der Waals surface area contributed by atoms with Crippen molar-refractivity contribution in [2.24, 2.45) is 0 Å². The van der Waals surface area contributed by atoms with Crippen molar-refractivity contribution in [2.75, 3.05) is 7.11 Å². The number of nitrogens with zero attached hydrogens (tertiary/aromatic N) is 5. The summed E-state index contributed by atoms with van der Waals surface area (Å²) in [6, 6.07) is 5.45. The summed E-state index contributed by atoms with van der Waals surface area (Å²) in [5.74, 6) is -1.02. The lowest BCUT2D eigenvalue weighted by Crippen LogP contribution is -2.09. The van der Waals surface area contributed by atoms with Crippen LogP contribution in [0.1, 0.15) is 18.9 Å². The third-order valence-corrected chi connectivity index (χ3v) is 4.30. The maximum absolute atomic E-state index is 14.5. The molecule has 0 saturated heterocycles. The largest absolute Gasteiger partial charge is 0.496 e. The number of aromatic nitrogens is 5. The number of imidazole rings is 1. The molecular weight excluding hydrogens is 368 g/mol. The zero-order valence-corrected chi connectivity index (χ0v) is 15.0. The van der Waals surface area contributed by atoms with Gasteiger partial charge in [0, 0.05) is 30.4 Å². The summed E-state index contributed by atoms with van der Waals surface area (Å²) in [6.45, 7) is 1.79. The first-order chi connectivity index (χ1) is 13.6. The molecule has 4 rings (SSSR count). The Balaban J connectivity index is 1.75. The van der Waals surface area contributed by atoms with Crippen molar-refractivity contribution in [1.29, 1.82) is 0 Å². The molecule has 0 aliphatic carbocycles. The fourth-order valence-electron chi connectivity index (χ4n) is 2.87. The molecule has 1 unspecified atom stereocenters. The molecule has 3 heterocycles. The second-order valence-electron chi connectivity index (χ2n) is 5.97. The minimum Gasteiger partial charge on any atom is -0.496 e. The van der Waals surface area contributed by atoms with Crippen LogP contribution in [0.15, 0.2) is 53.6 Å². The van der Waals surface area contributed by atoms with E-state index in [-0.39, 0.29) is 23.0 Å². The van der Waals surface area contributed by atoms with E-state index in [2.05, 4.69) is 20.1 Å². The van der Waals surface area contributed by atoms with Gasteiger partial charge in [-0.25, -0.2) is 13.8 Å². The zero-order valence-electron chi connectivity index (χ0n) is 15.0. The molecular formula is C19H15F2N5O2. The molecule has 0 aliphatic heterocycles. The molecule has 0 saturated carbocycles. The Hall–Kier alpha value is -3.62. The third kappa shape index (κ3) is 3.00. The minimum absolute atomic E-state index is 0.0775. The Bertz CT molecular complexity index is 1110. The monoisotopic (exact) mass is 383 g/mol. The first-order valence-corrected chi connectivity index (χ1v) is 8.39. The molecule has 0 aliphatic rings. The number of halogens is 2. The summed E-state index contributed by atoms with van der Waals surface area (Å²) in [5.41, 5.74) is 0.625. The van der Waals surface area contributed by atoms with Crippen LogP contribution < -0.4 is 4.74 Å². The highest BCUT2D eigenvalue weighted by molar-refractivity contribution is 5.66. The molecule has 1 atom stereocenters. The van der Waals surface area contributed by atoms with Crippen molar-refractivity contribution in [1.82, 2.24) is 24.7 Å². The van der Waals surface area contributed by atoms with E-state index in [9.17, 15) is 8.78 Å². The number of hydrogen-bond acceptors (Lipinski definition) is 6. The van der Waals surface area contributed by atoms with Crippen LogP contribution in [0, 0.1) is 11.6 Å². The molecule has 7 nitrogen and oxygen atoms in total. The van der Waals surface area contributed by atoms with Gasteiger partial charge >= 0.3 is 0 Å². The molecule has 0 amide bonds. The quantitative estimate of drug-likeness (QED) is 0.520. The van der Waals surface area contributed by atoms with Crippen molar-refractivity contribution in [3.8, 4) is 28.5 Å². The fraction of sp³-hybridized carbons (Fsp3) is 0.158. The van der Waals surface area contributed by atoms with Gasteiger partial charge in [-0.15, -0.1) is 0 Å². The van der Waals surface area contributed by atoms with Gasteiger partial charge in [0.15, 0.2) is 11.6 Å². The van der Waals surface area contributed by atoms with E-state index in [4.69, 9.17) is 9.26 Å². The summed E-state index contributed by atoms with van der Waals surface area (Å²) < 4.78 is 40.5. The number of benzene rings is 1. The molecule has 1 aromatic carbocycles. The molecule has 0 bridgehead atoms. The summed E-state index contributed by atoms with van der Waals surface area (Å²) >= 11 is 0. The molecule has 0 radical (unpaired) electrons. The van der Waals surface area contributed by atoms with Crippen LogP contribution >= 0.6 is 0 Å². The van der Waals surface area contributed by atoms with Gasteiger partial charge in [-0.05, 0) is 31.2 Å². The van der Waals surface area contributed by atoms with E-state index >= 15 is 0 Å². The zero-order chi connectivity index (χ0) is 19.7.